The van der Waals surface area contributed by atoms with Crippen LogP contribution in [0.15, 0.2) is 65.6 Å². The third kappa shape index (κ3) is 5.28. The van der Waals surface area contributed by atoms with Crippen LogP contribution >= 0.6 is 11.5 Å². The van der Waals surface area contributed by atoms with Gasteiger partial charge in [0.15, 0.2) is 0 Å². The smallest absolute Gasteiger partial charge is 0.338 e. The second kappa shape index (κ2) is 10.4. The molecule has 0 spiro atoms. The summed E-state index contributed by atoms with van der Waals surface area (Å²) in [5.41, 5.74) is 2.07. The number of nitrogens with one attached hydrogen (secondary N) is 1. The molecule has 0 unspecified atom stereocenters. The van der Waals surface area contributed by atoms with Crippen molar-refractivity contribution in [1.29, 1.82) is 0 Å². The molecule has 2 aromatic heterocycles. The highest BCUT2D eigenvalue weighted by Crippen LogP contribution is 2.21. The number of aryl methyl sites for hydroxylation is 2. The summed E-state index contributed by atoms with van der Waals surface area (Å²) in [6.07, 6.45) is 3.69. The van der Waals surface area contributed by atoms with Crippen LogP contribution in [0.3, 0.4) is 0 Å². The van der Waals surface area contributed by atoms with Crippen molar-refractivity contribution in [2.45, 2.75) is 32.7 Å². The van der Waals surface area contributed by atoms with Crippen LogP contribution in [0, 0.1) is 5.82 Å². The van der Waals surface area contributed by atoms with Crippen LogP contribution < -0.4 is 15.6 Å². The van der Waals surface area contributed by atoms with E-state index in [1.54, 1.807) is 30.5 Å². The molecule has 0 atom stereocenters. The molecule has 0 radical (unpaired) electrons. The lowest BCUT2D eigenvalue weighted by molar-refractivity contribution is 0.243. The molecule has 0 aliphatic carbocycles. The number of hydrogen-bond donors (Lipinski definition) is 1. The Balaban J connectivity index is 1.38. The van der Waals surface area contributed by atoms with Gasteiger partial charge in [0.2, 0.25) is 0 Å². The molecule has 33 heavy (non-hydrogen) atoms. The van der Waals surface area contributed by atoms with E-state index in [-0.39, 0.29) is 12.4 Å². The molecular formula is C25H24FN3O3S. The minimum atomic E-state index is -0.526. The lowest BCUT2D eigenvalue weighted by Gasteiger charge is -2.11. The molecule has 4 rings (SSSR count). The van der Waals surface area contributed by atoms with Crippen molar-refractivity contribution < 1.29 is 13.9 Å². The van der Waals surface area contributed by atoms with E-state index in [4.69, 9.17) is 4.74 Å². The number of pyridine rings is 1. The van der Waals surface area contributed by atoms with Gasteiger partial charge >= 0.3 is 6.03 Å². The van der Waals surface area contributed by atoms with E-state index in [0.29, 0.717) is 28.8 Å². The molecule has 0 saturated carbocycles. The molecule has 6 nitrogen and oxygen atoms in total. The third-order valence-corrected chi connectivity index (χ3v) is 6.28. The number of hydrogen-bond acceptors (Lipinski definition) is 5. The molecule has 1 N–H and O–H groups in total. The third-order valence-electron chi connectivity index (χ3n) is 5.27. The molecule has 2 aromatic carbocycles. The van der Waals surface area contributed by atoms with Gasteiger partial charge in [-0.1, -0.05) is 30.3 Å². The molecule has 1 amide bonds. The highest BCUT2D eigenvalue weighted by atomic mass is 32.1. The number of carbonyl (C=O) groups excluding carboxylic acids is 1. The van der Waals surface area contributed by atoms with Gasteiger partial charge in [-0.15, -0.1) is 0 Å². The summed E-state index contributed by atoms with van der Waals surface area (Å²) in [6, 6.07) is 15.5. The maximum Gasteiger partial charge on any atom is 0.338 e. The lowest BCUT2D eigenvalue weighted by Crippen LogP contribution is -2.32. The second-order valence-electron chi connectivity index (χ2n) is 7.53. The Morgan fingerprint density at radius 3 is 2.76 bits per heavy atom. The minimum Gasteiger partial charge on any atom is -0.494 e. The summed E-state index contributed by atoms with van der Waals surface area (Å²) in [7, 11) is 0. The molecule has 8 heteroatoms. The summed E-state index contributed by atoms with van der Waals surface area (Å²) in [4.78, 5) is 29.5. The summed E-state index contributed by atoms with van der Waals surface area (Å²) < 4.78 is 21.1. The molecule has 0 bridgehead atoms. The van der Waals surface area contributed by atoms with Gasteiger partial charge in [-0.3, -0.25) is 4.79 Å². The van der Waals surface area contributed by atoms with Gasteiger partial charge in [-0.25, -0.2) is 14.2 Å². The topological polar surface area (TPSA) is 73.2 Å². The van der Waals surface area contributed by atoms with Crippen molar-refractivity contribution >= 4 is 27.8 Å². The fourth-order valence-corrected chi connectivity index (χ4v) is 4.52. The van der Waals surface area contributed by atoms with Crippen molar-refractivity contribution in [2.75, 3.05) is 6.61 Å². The summed E-state index contributed by atoms with van der Waals surface area (Å²) in [6.45, 7) is 2.74. The van der Waals surface area contributed by atoms with Gasteiger partial charge in [0.1, 0.15) is 16.4 Å². The number of halogens is 1. The maximum absolute atomic E-state index is 14.4. The standard InChI is InChI=1S/C25H24FN3O3S/c1-2-32-22-11-4-3-7-18(22)8-5-9-19-15-17(12-13-21(19)26)16-28-25(31)29-24(30)20-10-6-14-27-23(20)33-29/h3-4,6-7,10-15H,2,5,8-9,16H2,1H3,(H,28,31). The maximum atomic E-state index is 14.4. The molecule has 2 heterocycles. The van der Waals surface area contributed by atoms with E-state index >= 15 is 0 Å². The molecule has 0 aliphatic heterocycles. The quantitative estimate of drug-likeness (QED) is 0.401. The van der Waals surface area contributed by atoms with Crippen LogP contribution in [0.25, 0.3) is 10.2 Å². The fourth-order valence-electron chi connectivity index (χ4n) is 3.65. The summed E-state index contributed by atoms with van der Waals surface area (Å²) in [5.74, 6) is 0.596. The van der Waals surface area contributed by atoms with Crippen molar-refractivity contribution in [2.24, 2.45) is 0 Å². The number of nitrogens with zero attached hydrogens (tertiary/aromatic N) is 2. The van der Waals surface area contributed by atoms with E-state index in [0.717, 1.165) is 45.2 Å². The van der Waals surface area contributed by atoms with Crippen LogP contribution in [-0.4, -0.2) is 21.6 Å². The minimum absolute atomic E-state index is 0.188. The molecule has 0 fully saturated rings. The summed E-state index contributed by atoms with van der Waals surface area (Å²) in [5, 5.41) is 3.14. The van der Waals surface area contributed by atoms with Crippen molar-refractivity contribution in [3.8, 4) is 5.75 Å². The van der Waals surface area contributed by atoms with Crippen molar-refractivity contribution in [3.63, 3.8) is 0 Å². The average Bonchev–Trinajstić information content (AvgIpc) is 3.17. The first-order chi connectivity index (χ1) is 16.1. The van der Waals surface area contributed by atoms with Gasteiger partial charge < -0.3 is 10.1 Å². The first-order valence-electron chi connectivity index (χ1n) is 10.8. The molecule has 0 saturated heterocycles. The number of amides is 1. The predicted molar refractivity (Wildman–Crippen MR) is 128 cm³/mol. The lowest BCUT2D eigenvalue weighted by atomic mass is 10.0. The Hall–Kier alpha value is -3.52. The van der Waals surface area contributed by atoms with Crippen LogP contribution in [0.1, 0.15) is 30.0 Å². The Bertz CT molecular complexity index is 1330. The first-order valence-corrected chi connectivity index (χ1v) is 11.6. The van der Waals surface area contributed by atoms with Crippen LogP contribution in [0.4, 0.5) is 9.18 Å². The Morgan fingerprint density at radius 1 is 1.12 bits per heavy atom. The fraction of sp³-hybridized carbons (Fsp3) is 0.240. The van der Waals surface area contributed by atoms with E-state index in [1.165, 1.54) is 6.07 Å². The number of fused-ring (bicyclic) bond motifs is 1. The Morgan fingerprint density at radius 2 is 1.94 bits per heavy atom. The van der Waals surface area contributed by atoms with Crippen molar-refractivity contribution in [1.82, 2.24) is 14.3 Å². The van der Waals surface area contributed by atoms with Crippen LogP contribution in [-0.2, 0) is 19.4 Å². The van der Waals surface area contributed by atoms with Crippen LogP contribution in [0.5, 0.6) is 5.75 Å². The van der Waals surface area contributed by atoms with Gasteiger partial charge in [0, 0.05) is 12.7 Å². The van der Waals surface area contributed by atoms with Gasteiger partial charge in [0.05, 0.1) is 12.0 Å². The Kier molecular flexibility index (Phi) is 7.14. The highest BCUT2D eigenvalue weighted by Gasteiger charge is 2.14. The highest BCUT2D eigenvalue weighted by molar-refractivity contribution is 7.14. The normalized spacial score (nSPS) is 11.0. The SMILES string of the molecule is CCOc1ccccc1CCCc1cc(CNC(=O)n2sc3ncccc3c2=O)ccc1F. The van der Waals surface area contributed by atoms with E-state index in [9.17, 15) is 14.0 Å². The zero-order chi connectivity index (χ0) is 23.2. The number of para-hydroxylation sites is 1. The Labute approximate surface area is 194 Å². The number of benzene rings is 2. The van der Waals surface area contributed by atoms with E-state index < -0.39 is 11.6 Å². The zero-order valence-corrected chi connectivity index (χ0v) is 19.0. The predicted octanol–water partition coefficient (Wildman–Crippen LogP) is 4.93. The number of ether oxygens (including phenoxy) is 1. The molecule has 4 aromatic rings. The molecular weight excluding hydrogens is 441 g/mol. The largest absolute Gasteiger partial charge is 0.494 e. The van der Waals surface area contributed by atoms with Crippen molar-refractivity contribution in [3.05, 3.63) is 93.7 Å². The monoisotopic (exact) mass is 465 g/mol. The average molecular weight is 466 g/mol. The number of aromatic nitrogens is 2. The van der Waals surface area contributed by atoms with Gasteiger partial charge in [-0.2, -0.15) is 3.96 Å². The van der Waals surface area contributed by atoms with Crippen LogP contribution in [0.2, 0.25) is 0 Å². The van der Waals surface area contributed by atoms with Gasteiger partial charge in [-0.05, 0) is 78.7 Å². The molecule has 170 valence electrons. The summed E-state index contributed by atoms with van der Waals surface area (Å²) >= 11 is 0.997. The van der Waals surface area contributed by atoms with E-state index in [2.05, 4.69) is 10.3 Å². The molecule has 0 aliphatic rings. The zero-order valence-electron chi connectivity index (χ0n) is 18.2. The van der Waals surface area contributed by atoms with E-state index in [1.807, 2.05) is 31.2 Å². The number of carbonyl (C=O) groups is 1. The second-order valence-corrected chi connectivity index (χ2v) is 8.46. The number of rotatable bonds is 8. The first kappa shape index (κ1) is 22.7. The van der Waals surface area contributed by atoms with Gasteiger partial charge in [0.25, 0.3) is 5.56 Å².